The van der Waals surface area contributed by atoms with E-state index < -0.39 is 0 Å². The first-order valence-corrected chi connectivity index (χ1v) is 8.72. The maximum atomic E-state index is 5.64. The molecule has 4 heteroatoms. The van der Waals surface area contributed by atoms with E-state index in [9.17, 15) is 0 Å². The summed E-state index contributed by atoms with van der Waals surface area (Å²) in [7, 11) is 0. The van der Waals surface area contributed by atoms with Gasteiger partial charge in [0.15, 0.2) is 0 Å². The fourth-order valence-electron chi connectivity index (χ4n) is 3.17. The zero-order chi connectivity index (χ0) is 17.8. The molecule has 1 heterocycles. The average molecular weight is 334 g/mol. The lowest BCUT2D eigenvalue weighted by atomic mass is 10.0. The molecule has 0 amide bonds. The van der Waals surface area contributed by atoms with Gasteiger partial charge in [-0.15, -0.1) is 0 Å². The minimum absolute atomic E-state index is 0.342. The van der Waals surface area contributed by atoms with Crippen LogP contribution in [0.4, 0.5) is 0 Å². The van der Waals surface area contributed by atoms with Crippen LogP contribution in [0.25, 0.3) is 11.0 Å². The van der Waals surface area contributed by atoms with Crippen LogP contribution in [-0.2, 0) is 13.0 Å². The van der Waals surface area contributed by atoms with Crippen LogP contribution < -0.4 is 11.1 Å². The highest BCUT2D eigenvalue weighted by atomic mass is 15.1. The first-order chi connectivity index (χ1) is 12.0. The van der Waals surface area contributed by atoms with Crippen molar-refractivity contribution in [3.05, 3.63) is 77.8 Å². The highest BCUT2D eigenvalue weighted by Crippen LogP contribution is 2.23. The van der Waals surface area contributed by atoms with E-state index in [0.717, 1.165) is 17.8 Å². The van der Waals surface area contributed by atoms with Crippen molar-refractivity contribution in [1.82, 2.24) is 14.9 Å². The molecular formula is C21H26N4. The van der Waals surface area contributed by atoms with Crippen LogP contribution >= 0.6 is 0 Å². The Labute approximate surface area is 149 Å². The third-order valence-corrected chi connectivity index (χ3v) is 4.23. The molecule has 0 saturated heterocycles. The second-order valence-corrected chi connectivity index (χ2v) is 6.74. The number of nitrogens with two attached hydrogens (primary N) is 1. The lowest BCUT2D eigenvalue weighted by Crippen LogP contribution is -2.22. The van der Waals surface area contributed by atoms with Gasteiger partial charge in [0.05, 0.1) is 17.6 Å². The number of hydrogen-bond acceptors (Lipinski definition) is 3. The van der Waals surface area contributed by atoms with Gasteiger partial charge < -0.3 is 15.6 Å². The summed E-state index contributed by atoms with van der Waals surface area (Å²) >= 11 is 0. The smallest absolute Gasteiger partial charge is 0.124 e. The monoisotopic (exact) mass is 334 g/mol. The summed E-state index contributed by atoms with van der Waals surface area (Å²) in [6, 6.07) is 17.5. The number of nitrogens with zero attached hydrogens (tertiary/aromatic N) is 2. The number of nitrogens with one attached hydrogen (secondary N) is 1. The van der Waals surface area contributed by atoms with Gasteiger partial charge in [0.2, 0.25) is 0 Å². The second-order valence-electron chi connectivity index (χ2n) is 6.74. The molecule has 0 unspecified atom stereocenters. The Kier molecular flexibility index (Phi) is 5.19. The highest BCUT2D eigenvalue weighted by molar-refractivity contribution is 5.77. The molecule has 3 rings (SSSR count). The third-order valence-electron chi connectivity index (χ3n) is 4.23. The molecule has 25 heavy (non-hydrogen) atoms. The van der Waals surface area contributed by atoms with E-state index in [0.29, 0.717) is 24.8 Å². The molecule has 0 aliphatic heterocycles. The number of hydrogen-bond donors (Lipinski definition) is 2. The van der Waals surface area contributed by atoms with Gasteiger partial charge in [0.1, 0.15) is 5.82 Å². The zero-order valence-corrected chi connectivity index (χ0v) is 15.0. The first-order valence-electron chi connectivity index (χ1n) is 8.72. The topological polar surface area (TPSA) is 55.9 Å². The molecular weight excluding hydrogens is 308 g/mol. The molecule has 3 aromatic rings. The highest BCUT2D eigenvalue weighted by Gasteiger charge is 2.13. The minimum Gasteiger partial charge on any atom is -0.401 e. The number of rotatable bonds is 7. The molecule has 4 nitrogen and oxygen atoms in total. The number of imidazole rings is 1. The lowest BCUT2D eigenvalue weighted by molar-refractivity contribution is 0.562. The summed E-state index contributed by atoms with van der Waals surface area (Å²) < 4.78 is 2.30. The summed E-state index contributed by atoms with van der Waals surface area (Å²) in [5.41, 5.74) is 11.1. The zero-order valence-electron chi connectivity index (χ0n) is 15.0. The normalized spacial score (nSPS) is 11.3. The lowest BCUT2D eigenvalue weighted by Gasteiger charge is -2.14. The summed E-state index contributed by atoms with van der Waals surface area (Å²) in [6.45, 7) is 9.38. The van der Waals surface area contributed by atoms with Gasteiger partial charge in [0, 0.05) is 18.3 Å². The predicted octanol–water partition coefficient (Wildman–Crippen LogP) is 3.77. The third kappa shape index (κ3) is 4.09. The number of aromatic nitrogens is 2. The average Bonchev–Trinajstić information content (AvgIpc) is 2.93. The second kappa shape index (κ2) is 7.53. The van der Waals surface area contributed by atoms with Crippen molar-refractivity contribution in [2.45, 2.75) is 32.9 Å². The van der Waals surface area contributed by atoms with Crippen LogP contribution in [0.5, 0.6) is 0 Å². The molecule has 0 atom stereocenters. The van der Waals surface area contributed by atoms with Crippen LogP contribution in [0.15, 0.2) is 60.8 Å². The van der Waals surface area contributed by atoms with Crippen LogP contribution in [0, 0.1) is 0 Å². The molecule has 130 valence electrons. The SMILES string of the molecule is C=C(N)CNCc1nc2ccc(Cc3ccccc3)cc2n1C(C)C. The van der Waals surface area contributed by atoms with E-state index in [2.05, 4.69) is 78.8 Å². The van der Waals surface area contributed by atoms with Gasteiger partial charge in [-0.25, -0.2) is 4.98 Å². The van der Waals surface area contributed by atoms with Crippen molar-refractivity contribution < 1.29 is 0 Å². The Morgan fingerprint density at radius 3 is 2.60 bits per heavy atom. The van der Waals surface area contributed by atoms with Crippen molar-refractivity contribution in [3.8, 4) is 0 Å². The van der Waals surface area contributed by atoms with Crippen molar-refractivity contribution in [1.29, 1.82) is 0 Å². The number of fused-ring (bicyclic) bond motifs is 1. The molecule has 0 aliphatic carbocycles. The van der Waals surface area contributed by atoms with Crippen molar-refractivity contribution >= 4 is 11.0 Å². The Morgan fingerprint density at radius 1 is 1.16 bits per heavy atom. The Morgan fingerprint density at radius 2 is 1.92 bits per heavy atom. The standard InChI is InChI=1S/C21H26N4/c1-15(2)25-20-12-18(11-17-7-5-4-6-8-17)9-10-19(20)24-21(25)14-23-13-16(3)22/h4-10,12,15,23H,3,11,13-14,22H2,1-2H3. The molecule has 0 aliphatic rings. The van der Waals surface area contributed by atoms with Gasteiger partial charge in [-0.05, 0) is 43.5 Å². The van der Waals surface area contributed by atoms with Crippen LogP contribution in [0.1, 0.15) is 36.8 Å². The molecule has 1 aromatic heterocycles. The van der Waals surface area contributed by atoms with Gasteiger partial charge in [-0.2, -0.15) is 0 Å². The quantitative estimate of drug-likeness (QED) is 0.691. The van der Waals surface area contributed by atoms with Crippen molar-refractivity contribution in [3.63, 3.8) is 0 Å². The van der Waals surface area contributed by atoms with Gasteiger partial charge in [-0.1, -0.05) is 43.0 Å². The number of benzene rings is 2. The fraction of sp³-hybridized carbons (Fsp3) is 0.286. The first kappa shape index (κ1) is 17.2. The molecule has 0 saturated carbocycles. The fourth-order valence-corrected chi connectivity index (χ4v) is 3.17. The van der Waals surface area contributed by atoms with Crippen LogP contribution in [-0.4, -0.2) is 16.1 Å². The van der Waals surface area contributed by atoms with Crippen molar-refractivity contribution in [2.75, 3.05) is 6.54 Å². The summed E-state index contributed by atoms with van der Waals surface area (Å²) in [4.78, 5) is 4.81. The van der Waals surface area contributed by atoms with Crippen LogP contribution in [0.2, 0.25) is 0 Å². The van der Waals surface area contributed by atoms with E-state index in [4.69, 9.17) is 10.7 Å². The van der Waals surface area contributed by atoms with Gasteiger partial charge in [0.25, 0.3) is 0 Å². The molecule has 0 radical (unpaired) electrons. The molecule has 0 fully saturated rings. The van der Waals surface area contributed by atoms with Gasteiger partial charge >= 0.3 is 0 Å². The molecule has 0 bridgehead atoms. The van der Waals surface area contributed by atoms with E-state index in [-0.39, 0.29) is 0 Å². The van der Waals surface area contributed by atoms with Crippen molar-refractivity contribution in [2.24, 2.45) is 5.73 Å². The maximum absolute atomic E-state index is 5.64. The minimum atomic E-state index is 0.342. The Balaban J connectivity index is 1.91. The Bertz CT molecular complexity index is 862. The summed E-state index contributed by atoms with van der Waals surface area (Å²) in [5, 5.41) is 3.30. The van der Waals surface area contributed by atoms with E-state index in [1.165, 1.54) is 16.6 Å². The Hall–Kier alpha value is -2.59. The van der Waals surface area contributed by atoms with Crippen LogP contribution in [0.3, 0.4) is 0 Å². The maximum Gasteiger partial charge on any atom is 0.124 e. The van der Waals surface area contributed by atoms with Gasteiger partial charge in [-0.3, -0.25) is 0 Å². The molecule has 0 spiro atoms. The predicted molar refractivity (Wildman–Crippen MR) is 104 cm³/mol. The van der Waals surface area contributed by atoms with E-state index >= 15 is 0 Å². The molecule has 2 aromatic carbocycles. The summed E-state index contributed by atoms with van der Waals surface area (Å²) in [5.74, 6) is 1.03. The molecule has 3 N–H and O–H groups in total. The largest absolute Gasteiger partial charge is 0.401 e. The van der Waals surface area contributed by atoms with E-state index in [1.807, 2.05) is 0 Å². The summed E-state index contributed by atoms with van der Waals surface area (Å²) in [6.07, 6.45) is 0.931. The van der Waals surface area contributed by atoms with E-state index in [1.54, 1.807) is 0 Å².